The molecule has 0 spiro atoms. The first-order valence-corrected chi connectivity index (χ1v) is 10.2. The molecule has 6 heteroatoms. The van der Waals surface area contributed by atoms with Crippen molar-refractivity contribution in [2.75, 3.05) is 5.32 Å². The van der Waals surface area contributed by atoms with Gasteiger partial charge < -0.3 is 5.32 Å². The van der Waals surface area contributed by atoms with Crippen LogP contribution in [-0.2, 0) is 11.8 Å². The summed E-state index contributed by atoms with van der Waals surface area (Å²) in [5.41, 5.74) is 2.42. The number of amides is 1. The Kier molecular flexibility index (Phi) is 4.78. The Morgan fingerprint density at radius 2 is 1.77 bits per heavy atom. The fourth-order valence-electron chi connectivity index (χ4n) is 4.86. The number of alkyl halides is 2. The van der Waals surface area contributed by atoms with Crippen LogP contribution in [0.2, 0.25) is 0 Å². The number of aryl methyl sites for hydroxylation is 1. The molecule has 1 aromatic heterocycles. The fourth-order valence-corrected chi connectivity index (χ4v) is 4.86. The van der Waals surface area contributed by atoms with E-state index in [0.29, 0.717) is 11.8 Å². The van der Waals surface area contributed by atoms with Crippen LogP contribution in [0.3, 0.4) is 0 Å². The van der Waals surface area contributed by atoms with E-state index in [9.17, 15) is 13.6 Å². The maximum absolute atomic E-state index is 13.0. The molecule has 0 aliphatic heterocycles. The summed E-state index contributed by atoms with van der Waals surface area (Å²) >= 11 is 0. The highest BCUT2D eigenvalue weighted by atomic mass is 19.3. The molecule has 0 saturated heterocycles. The summed E-state index contributed by atoms with van der Waals surface area (Å²) < 4.78 is 27.8. The van der Waals surface area contributed by atoms with Gasteiger partial charge in [-0.2, -0.15) is 5.10 Å². The van der Waals surface area contributed by atoms with Crippen molar-refractivity contribution < 1.29 is 13.6 Å². The van der Waals surface area contributed by atoms with E-state index in [1.165, 1.54) is 49.8 Å². The highest BCUT2D eigenvalue weighted by molar-refractivity contribution is 5.91. The van der Waals surface area contributed by atoms with E-state index in [1.54, 1.807) is 0 Å². The van der Waals surface area contributed by atoms with Gasteiger partial charge in [0.05, 0.1) is 5.69 Å². The van der Waals surface area contributed by atoms with Crippen LogP contribution in [0.5, 0.6) is 0 Å². The average Bonchev–Trinajstić information content (AvgIpc) is 2.82. The number of hydrogen-bond acceptors (Lipinski definition) is 2. The molecule has 0 radical (unpaired) electrons. The smallest absolute Gasteiger partial charge is 0.248 e. The van der Waals surface area contributed by atoms with Gasteiger partial charge in [0.25, 0.3) is 0 Å². The van der Waals surface area contributed by atoms with E-state index in [-0.39, 0.29) is 31.1 Å². The summed E-state index contributed by atoms with van der Waals surface area (Å²) in [5.74, 6) is -1.10. The lowest BCUT2D eigenvalue weighted by Crippen LogP contribution is -2.37. The van der Waals surface area contributed by atoms with Crippen LogP contribution in [0.15, 0.2) is 0 Å². The van der Waals surface area contributed by atoms with Crippen molar-refractivity contribution in [3.05, 3.63) is 11.3 Å². The number of aromatic nitrogens is 2. The van der Waals surface area contributed by atoms with Crippen molar-refractivity contribution in [3.8, 4) is 0 Å². The second kappa shape index (κ2) is 6.93. The van der Waals surface area contributed by atoms with Crippen LogP contribution < -0.4 is 5.32 Å². The van der Waals surface area contributed by atoms with Crippen molar-refractivity contribution in [1.29, 1.82) is 0 Å². The molecule has 0 atom stereocenters. The molecule has 1 heterocycles. The molecule has 1 N–H and O–H groups in total. The number of anilines is 1. The third-order valence-corrected chi connectivity index (χ3v) is 6.52. The molecule has 3 aliphatic carbocycles. The largest absolute Gasteiger partial charge is 0.311 e. The Morgan fingerprint density at radius 3 is 2.35 bits per heavy atom. The Bertz CT molecular complexity index is 667. The van der Waals surface area contributed by atoms with Gasteiger partial charge in [0.2, 0.25) is 11.8 Å². The van der Waals surface area contributed by atoms with Gasteiger partial charge in [-0.3, -0.25) is 9.48 Å². The van der Waals surface area contributed by atoms with E-state index in [2.05, 4.69) is 5.32 Å². The first-order chi connectivity index (χ1) is 12.4. The third kappa shape index (κ3) is 3.52. The summed E-state index contributed by atoms with van der Waals surface area (Å²) in [6, 6.07) is 0. The maximum atomic E-state index is 13.0. The van der Waals surface area contributed by atoms with Crippen LogP contribution in [0.4, 0.5) is 14.6 Å². The second-order valence-corrected chi connectivity index (χ2v) is 8.62. The summed E-state index contributed by atoms with van der Waals surface area (Å²) in [5, 5.41) is 7.84. The van der Waals surface area contributed by atoms with Gasteiger partial charge in [-0.05, 0) is 37.5 Å². The molecule has 3 aliphatic rings. The van der Waals surface area contributed by atoms with Crippen molar-refractivity contribution in [3.63, 3.8) is 0 Å². The zero-order valence-electron chi connectivity index (χ0n) is 15.6. The molecule has 0 aromatic carbocycles. The number of rotatable bonds is 5. The van der Waals surface area contributed by atoms with Crippen molar-refractivity contribution in [2.45, 2.75) is 88.4 Å². The summed E-state index contributed by atoms with van der Waals surface area (Å²) in [7, 11) is 1.89. The zero-order valence-corrected chi connectivity index (χ0v) is 15.6. The van der Waals surface area contributed by atoms with Gasteiger partial charge in [-0.1, -0.05) is 25.7 Å². The maximum Gasteiger partial charge on any atom is 0.248 e. The lowest BCUT2D eigenvalue weighted by atomic mass is 9.76. The minimum Gasteiger partial charge on any atom is -0.311 e. The van der Waals surface area contributed by atoms with E-state index < -0.39 is 5.92 Å². The summed E-state index contributed by atoms with van der Waals surface area (Å²) in [6.07, 6.45) is 9.58. The lowest BCUT2D eigenvalue weighted by molar-refractivity contribution is -0.129. The van der Waals surface area contributed by atoms with Gasteiger partial charge in [0.15, 0.2) is 0 Å². The number of nitrogens with zero attached hydrogens (tertiary/aromatic N) is 2. The van der Waals surface area contributed by atoms with Gasteiger partial charge >= 0.3 is 0 Å². The Balaban J connectivity index is 1.51. The van der Waals surface area contributed by atoms with E-state index in [4.69, 9.17) is 5.10 Å². The molecule has 1 amide bonds. The number of carbonyl (C=O) groups excluding carboxylic acids is 1. The number of carbonyl (C=O) groups is 1. The standard InChI is InChI=1S/C20H29F2N3O/c1-25-19(23-16(26)10-13-11-20(21,22)12-13)17(14-8-5-9-14)18(24-25)15-6-3-2-4-7-15/h13-15H,2-12H2,1H3,(H,23,26). The Labute approximate surface area is 153 Å². The molecular formula is C20H29F2N3O. The third-order valence-electron chi connectivity index (χ3n) is 6.52. The highest BCUT2D eigenvalue weighted by Gasteiger charge is 2.45. The SMILES string of the molecule is Cn1nc(C2CCCCC2)c(C2CCC2)c1NC(=O)CC1CC(F)(F)C1. The van der Waals surface area contributed by atoms with E-state index in [0.717, 1.165) is 18.7 Å². The molecule has 4 nitrogen and oxygen atoms in total. The predicted octanol–water partition coefficient (Wildman–Crippen LogP) is 5.11. The Hall–Kier alpha value is -1.46. The first kappa shape index (κ1) is 17.9. The van der Waals surface area contributed by atoms with Crippen molar-refractivity contribution in [1.82, 2.24) is 9.78 Å². The van der Waals surface area contributed by atoms with Crippen molar-refractivity contribution in [2.24, 2.45) is 13.0 Å². The second-order valence-electron chi connectivity index (χ2n) is 8.62. The molecule has 0 unspecified atom stereocenters. The van der Waals surface area contributed by atoms with Gasteiger partial charge in [-0.15, -0.1) is 0 Å². The Morgan fingerprint density at radius 1 is 1.12 bits per heavy atom. The van der Waals surface area contributed by atoms with Crippen LogP contribution in [0, 0.1) is 5.92 Å². The minimum atomic E-state index is -2.57. The van der Waals surface area contributed by atoms with E-state index >= 15 is 0 Å². The molecule has 4 rings (SSSR count). The summed E-state index contributed by atoms with van der Waals surface area (Å²) in [4.78, 5) is 12.4. The zero-order chi connectivity index (χ0) is 18.3. The number of halogens is 2. The molecule has 144 valence electrons. The van der Waals surface area contributed by atoms with Crippen LogP contribution >= 0.6 is 0 Å². The van der Waals surface area contributed by atoms with Crippen LogP contribution in [0.25, 0.3) is 0 Å². The van der Waals surface area contributed by atoms with Gasteiger partial charge in [0, 0.05) is 37.8 Å². The molecule has 1 aromatic rings. The quantitative estimate of drug-likeness (QED) is 0.788. The van der Waals surface area contributed by atoms with Crippen LogP contribution in [0.1, 0.15) is 93.7 Å². The summed E-state index contributed by atoms with van der Waals surface area (Å²) in [6.45, 7) is 0. The number of hydrogen-bond donors (Lipinski definition) is 1. The first-order valence-electron chi connectivity index (χ1n) is 10.2. The normalized spacial score (nSPS) is 24.1. The van der Waals surface area contributed by atoms with E-state index in [1.807, 2.05) is 11.7 Å². The fraction of sp³-hybridized carbons (Fsp3) is 0.800. The van der Waals surface area contributed by atoms with Crippen LogP contribution in [-0.4, -0.2) is 21.6 Å². The number of nitrogens with one attached hydrogen (secondary N) is 1. The van der Waals surface area contributed by atoms with Gasteiger partial charge in [0.1, 0.15) is 5.82 Å². The van der Waals surface area contributed by atoms with Gasteiger partial charge in [-0.25, -0.2) is 8.78 Å². The highest BCUT2D eigenvalue weighted by Crippen LogP contribution is 2.47. The average molecular weight is 365 g/mol. The molecule has 3 fully saturated rings. The molecule has 3 saturated carbocycles. The molecule has 0 bridgehead atoms. The predicted molar refractivity (Wildman–Crippen MR) is 96.5 cm³/mol. The molecule has 26 heavy (non-hydrogen) atoms. The monoisotopic (exact) mass is 365 g/mol. The lowest BCUT2D eigenvalue weighted by Gasteiger charge is -2.34. The molecular weight excluding hydrogens is 336 g/mol. The topological polar surface area (TPSA) is 46.9 Å². The minimum absolute atomic E-state index is 0.149. The van der Waals surface area contributed by atoms with Crippen molar-refractivity contribution >= 4 is 11.7 Å².